The van der Waals surface area contributed by atoms with Crippen LogP contribution in [0.15, 0.2) is 0 Å². The average molecular weight is 416 g/mol. The Kier molecular flexibility index (Phi) is 11.2. The number of piperazine rings is 1. The first kappa shape index (κ1) is 23.4. The zero-order valence-electron chi connectivity index (χ0n) is 17.2. The lowest BCUT2D eigenvalue weighted by Gasteiger charge is -2.40. The molecule has 0 aliphatic carbocycles. The summed E-state index contributed by atoms with van der Waals surface area (Å²) in [6.45, 7) is 4.78. The number of amides is 2. The van der Waals surface area contributed by atoms with Gasteiger partial charge < -0.3 is 25.4 Å². The van der Waals surface area contributed by atoms with Crippen molar-refractivity contribution in [1.82, 2.24) is 15.5 Å². The standard InChI is InChI=1S/C20H37N3O4S/c1-2-10-23-19(26)14-22-16-15-28-17(20(16)23)7-5-3-4-6-8-18(25)21-9-12-27-13-11-24/h16-17,20,22,24H,2-15H2,1H3,(H,21,25)/t16-,17-,20-/m0/s1. The van der Waals surface area contributed by atoms with Crippen LogP contribution in [0.5, 0.6) is 0 Å². The molecule has 28 heavy (non-hydrogen) atoms. The van der Waals surface area contributed by atoms with Gasteiger partial charge in [0.2, 0.25) is 11.8 Å². The number of ether oxygens (including phenoxy) is 1. The molecule has 0 saturated carbocycles. The van der Waals surface area contributed by atoms with Crippen molar-refractivity contribution in [2.24, 2.45) is 0 Å². The highest BCUT2D eigenvalue weighted by Crippen LogP contribution is 2.36. The number of fused-ring (bicyclic) bond motifs is 1. The topological polar surface area (TPSA) is 90.9 Å². The summed E-state index contributed by atoms with van der Waals surface area (Å²) in [5.74, 6) is 1.43. The zero-order valence-corrected chi connectivity index (χ0v) is 18.0. The maximum absolute atomic E-state index is 12.3. The van der Waals surface area contributed by atoms with Crippen LogP contribution in [0.2, 0.25) is 0 Å². The highest BCUT2D eigenvalue weighted by molar-refractivity contribution is 8.00. The summed E-state index contributed by atoms with van der Waals surface area (Å²) in [5.41, 5.74) is 0. The summed E-state index contributed by atoms with van der Waals surface area (Å²) in [6.07, 6.45) is 7.00. The van der Waals surface area contributed by atoms with Crippen molar-refractivity contribution in [2.75, 3.05) is 45.2 Å². The van der Waals surface area contributed by atoms with Crippen LogP contribution in [0.1, 0.15) is 51.9 Å². The Morgan fingerprint density at radius 2 is 2.14 bits per heavy atom. The van der Waals surface area contributed by atoms with Crippen molar-refractivity contribution < 1.29 is 19.4 Å². The molecule has 2 amide bonds. The van der Waals surface area contributed by atoms with Crippen LogP contribution in [0.25, 0.3) is 0 Å². The molecule has 0 aromatic rings. The van der Waals surface area contributed by atoms with E-state index >= 15 is 0 Å². The first-order valence-corrected chi connectivity index (χ1v) is 11.8. The zero-order chi connectivity index (χ0) is 20.2. The minimum atomic E-state index is 0.0121. The summed E-state index contributed by atoms with van der Waals surface area (Å²) in [6, 6.07) is 0.800. The van der Waals surface area contributed by atoms with Gasteiger partial charge in [0.05, 0.1) is 32.4 Å². The highest BCUT2D eigenvalue weighted by Gasteiger charge is 2.44. The van der Waals surface area contributed by atoms with E-state index in [-0.39, 0.29) is 18.4 Å². The quantitative estimate of drug-likeness (QED) is 0.369. The van der Waals surface area contributed by atoms with Gasteiger partial charge in [0.1, 0.15) is 0 Å². The molecule has 2 aliphatic heterocycles. The number of nitrogens with zero attached hydrogens (tertiary/aromatic N) is 1. The maximum atomic E-state index is 12.3. The number of rotatable bonds is 14. The van der Waals surface area contributed by atoms with Gasteiger partial charge in [-0.25, -0.2) is 0 Å². The number of aliphatic hydroxyl groups excluding tert-OH is 1. The molecular weight excluding hydrogens is 378 g/mol. The summed E-state index contributed by atoms with van der Waals surface area (Å²) >= 11 is 2.01. The van der Waals surface area contributed by atoms with Crippen molar-refractivity contribution in [3.63, 3.8) is 0 Å². The van der Waals surface area contributed by atoms with Crippen molar-refractivity contribution >= 4 is 23.6 Å². The number of carbonyl (C=O) groups is 2. The molecule has 3 atom stereocenters. The van der Waals surface area contributed by atoms with Crippen LogP contribution < -0.4 is 10.6 Å². The van der Waals surface area contributed by atoms with Crippen LogP contribution in [-0.2, 0) is 14.3 Å². The van der Waals surface area contributed by atoms with E-state index in [9.17, 15) is 9.59 Å². The average Bonchev–Trinajstić information content (AvgIpc) is 3.10. The second-order valence-corrected chi connectivity index (χ2v) is 8.85. The molecule has 2 aliphatic rings. The van der Waals surface area contributed by atoms with Crippen molar-refractivity contribution in [2.45, 2.75) is 69.2 Å². The fourth-order valence-corrected chi connectivity index (χ4v) is 5.68. The fourth-order valence-electron chi connectivity index (χ4n) is 4.04. The third-order valence-electron chi connectivity index (χ3n) is 5.39. The molecule has 162 valence electrons. The third kappa shape index (κ3) is 7.54. The Morgan fingerprint density at radius 3 is 2.93 bits per heavy atom. The number of thioether (sulfide) groups is 1. The number of unbranched alkanes of at least 4 members (excludes halogenated alkanes) is 3. The molecule has 7 nitrogen and oxygen atoms in total. The lowest BCUT2D eigenvalue weighted by atomic mass is 9.97. The number of hydrogen-bond acceptors (Lipinski definition) is 6. The highest BCUT2D eigenvalue weighted by atomic mass is 32.2. The molecule has 2 heterocycles. The Hall–Kier alpha value is -0.830. The summed E-state index contributed by atoms with van der Waals surface area (Å²) in [4.78, 5) is 26.1. The molecule has 0 spiro atoms. The van der Waals surface area contributed by atoms with Gasteiger partial charge in [-0.1, -0.05) is 26.2 Å². The largest absolute Gasteiger partial charge is 0.394 e. The van der Waals surface area contributed by atoms with Crippen molar-refractivity contribution in [3.8, 4) is 0 Å². The van der Waals surface area contributed by atoms with E-state index in [1.54, 1.807) is 0 Å². The van der Waals surface area contributed by atoms with Crippen LogP contribution in [0.3, 0.4) is 0 Å². The van der Waals surface area contributed by atoms with E-state index in [1.807, 2.05) is 11.8 Å². The molecule has 0 unspecified atom stereocenters. The van der Waals surface area contributed by atoms with Crippen LogP contribution >= 0.6 is 11.8 Å². The van der Waals surface area contributed by atoms with E-state index < -0.39 is 0 Å². The second kappa shape index (κ2) is 13.4. The first-order chi connectivity index (χ1) is 13.7. The predicted octanol–water partition coefficient (Wildman–Crippen LogP) is 1.15. The maximum Gasteiger partial charge on any atom is 0.236 e. The molecule has 3 N–H and O–H groups in total. The van der Waals surface area contributed by atoms with Gasteiger partial charge in [-0.15, -0.1) is 0 Å². The SMILES string of the molecule is CCCN1C(=O)CN[C@H]2CS[C@@H](CCCCCCC(=O)NCCOCCO)[C@H]21. The van der Waals surface area contributed by atoms with Gasteiger partial charge >= 0.3 is 0 Å². The molecule has 2 saturated heterocycles. The van der Waals surface area contributed by atoms with Crippen LogP contribution in [-0.4, -0.2) is 84.4 Å². The minimum Gasteiger partial charge on any atom is -0.394 e. The summed E-state index contributed by atoms with van der Waals surface area (Å²) in [5, 5.41) is 15.4. The predicted molar refractivity (Wildman–Crippen MR) is 112 cm³/mol. The van der Waals surface area contributed by atoms with Gasteiger partial charge in [0, 0.05) is 36.6 Å². The van der Waals surface area contributed by atoms with Crippen LogP contribution in [0.4, 0.5) is 0 Å². The molecule has 0 radical (unpaired) electrons. The van der Waals surface area contributed by atoms with Gasteiger partial charge in [-0.3, -0.25) is 9.59 Å². The molecule has 0 bridgehead atoms. The van der Waals surface area contributed by atoms with Gasteiger partial charge in [0.15, 0.2) is 0 Å². The lowest BCUT2D eigenvalue weighted by molar-refractivity contribution is -0.136. The van der Waals surface area contributed by atoms with E-state index in [0.717, 1.165) is 50.8 Å². The third-order valence-corrected chi connectivity index (χ3v) is 6.88. The molecule has 0 aromatic carbocycles. The van der Waals surface area contributed by atoms with Gasteiger partial charge in [0.25, 0.3) is 0 Å². The minimum absolute atomic E-state index is 0.0121. The molecular formula is C20H37N3O4S. The van der Waals surface area contributed by atoms with E-state index in [1.165, 1.54) is 0 Å². The summed E-state index contributed by atoms with van der Waals surface area (Å²) in [7, 11) is 0. The number of hydrogen-bond donors (Lipinski definition) is 3. The van der Waals surface area contributed by atoms with Crippen molar-refractivity contribution in [1.29, 1.82) is 0 Å². The Balaban J connectivity index is 1.55. The molecule has 8 heteroatoms. The van der Waals surface area contributed by atoms with E-state index in [4.69, 9.17) is 9.84 Å². The van der Waals surface area contributed by atoms with Crippen molar-refractivity contribution in [3.05, 3.63) is 0 Å². The lowest BCUT2D eigenvalue weighted by Crippen LogP contribution is -2.62. The normalized spacial score (nSPS) is 24.4. The molecule has 0 aromatic heterocycles. The molecule has 2 fully saturated rings. The Labute approximate surface area is 173 Å². The van der Waals surface area contributed by atoms with Crippen LogP contribution in [0, 0.1) is 0 Å². The number of aliphatic hydroxyl groups is 1. The fraction of sp³-hybridized carbons (Fsp3) is 0.900. The Bertz CT molecular complexity index is 480. The smallest absolute Gasteiger partial charge is 0.236 e. The first-order valence-electron chi connectivity index (χ1n) is 10.8. The molecule has 2 rings (SSSR count). The second-order valence-electron chi connectivity index (χ2n) is 7.58. The summed E-state index contributed by atoms with van der Waals surface area (Å²) < 4.78 is 5.11. The van der Waals surface area contributed by atoms with E-state index in [0.29, 0.717) is 50.1 Å². The number of nitrogens with one attached hydrogen (secondary N) is 2. The Morgan fingerprint density at radius 1 is 1.32 bits per heavy atom. The number of carbonyl (C=O) groups excluding carboxylic acids is 2. The van der Waals surface area contributed by atoms with Gasteiger partial charge in [-0.05, 0) is 19.3 Å². The van der Waals surface area contributed by atoms with Gasteiger partial charge in [-0.2, -0.15) is 11.8 Å². The monoisotopic (exact) mass is 415 g/mol. The van der Waals surface area contributed by atoms with E-state index in [2.05, 4.69) is 22.5 Å².